The lowest BCUT2D eigenvalue weighted by molar-refractivity contribution is -0.211. The molecule has 538 valence electrons. The Labute approximate surface area is 641 Å². The van der Waals surface area contributed by atoms with Gasteiger partial charge >= 0.3 is 0 Å². The molecule has 2 unspecified atom stereocenters. The quantitative estimate of drug-likeness (QED) is 0.0356. The second-order valence-electron chi connectivity index (χ2n) is 28.1. The number of hydrogen-bond acceptors (Lipinski definition) is 14. The van der Waals surface area contributed by atoms with Crippen LogP contribution in [-0.4, -0.2) is 26.4 Å². The van der Waals surface area contributed by atoms with Crippen LogP contribution in [0.1, 0.15) is 277 Å². The summed E-state index contributed by atoms with van der Waals surface area (Å²) in [6, 6.07) is 46.8. The molecule has 100 heavy (non-hydrogen) atoms. The van der Waals surface area contributed by atoms with E-state index in [1.165, 1.54) is 284 Å². The van der Waals surface area contributed by atoms with Gasteiger partial charge in [0.25, 0.3) is 0 Å². The zero-order chi connectivity index (χ0) is 68.6. The summed E-state index contributed by atoms with van der Waals surface area (Å²) in [4.78, 5) is 26.7. The Morgan fingerprint density at radius 3 is 0.660 bits per heavy atom. The number of ether oxygens (including phenoxy) is 4. The van der Waals surface area contributed by atoms with Crippen LogP contribution in [0.4, 0.5) is 0 Å². The monoisotopic (exact) mass is 1530 g/mol. The van der Waals surface area contributed by atoms with Crippen molar-refractivity contribution in [2.24, 2.45) is 0 Å². The van der Waals surface area contributed by atoms with Crippen molar-refractivity contribution in [3.05, 3.63) is 141 Å². The molecule has 10 aromatic heterocycles. The van der Waals surface area contributed by atoms with E-state index in [4.69, 9.17) is 18.9 Å². The zero-order valence-corrected chi connectivity index (χ0v) is 68.5. The van der Waals surface area contributed by atoms with Crippen LogP contribution < -0.4 is 0 Å². The molecule has 12 rings (SSSR count). The molecule has 12 heterocycles. The lowest BCUT2D eigenvalue weighted by Gasteiger charge is -2.32. The molecule has 2 aliphatic rings. The van der Waals surface area contributed by atoms with Gasteiger partial charge in [-0.05, 0) is 159 Å². The minimum atomic E-state index is -0.858. The number of thiophene rings is 10. The molecule has 14 heteroatoms. The highest BCUT2D eigenvalue weighted by Crippen LogP contribution is 2.52. The van der Waals surface area contributed by atoms with Gasteiger partial charge in [-0.15, -0.1) is 113 Å². The Morgan fingerprint density at radius 2 is 0.420 bits per heavy atom. The normalized spacial score (nSPS) is 15.1. The molecular formula is C86H110O4S10. The maximum Gasteiger partial charge on any atom is 0.204 e. The smallest absolute Gasteiger partial charge is 0.204 e. The van der Waals surface area contributed by atoms with Crippen LogP contribution in [0.3, 0.4) is 0 Å². The van der Waals surface area contributed by atoms with Crippen molar-refractivity contribution >= 4 is 113 Å². The van der Waals surface area contributed by atoms with E-state index >= 15 is 0 Å². The van der Waals surface area contributed by atoms with E-state index in [9.17, 15) is 0 Å². The number of hydrogen-bond donors (Lipinski definition) is 0. The molecular weight excluding hydrogens is 1420 g/mol. The second-order valence-corrected chi connectivity index (χ2v) is 39.0. The SMILES string of the molecule is CCCCCCCCCCC(CCCCCCCC)c1ccc(-c2ccc(-c3ccc(-c4ccc(-c5ccc(C6(CCC7(c8ccc(-c9ccc(-c%10ccc(-c%11ccc(-c%12ccc(C(CCCCCCCC)CCCCCCCCCC)s%12)s%11)s%10)s9)s8)OCCO7)OCCO6)s5)s4)s3)s2)s1. The molecule has 2 aliphatic heterocycles. The van der Waals surface area contributed by atoms with Crippen molar-refractivity contribution in [3.63, 3.8) is 0 Å². The van der Waals surface area contributed by atoms with Crippen molar-refractivity contribution in [1.29, 1.82) is 0 Å². The number of rotatable bonds is 47. The van der Waals surface area contributed by atoms with E-state index in [2.05, 4.69) is 172 Å². The summed E-state index contributed by atoms with van der Waals surface area (Å²) in [5, 5.41) is 0. The Bertz CT molecular complexity index is 3670. The molecule has 0 spiro atoms. The van der Waals surface area contributed by atoms with Crippen molar-refractivity contribution in [2.75, 3.05) is 26.4 Å². The highest BCUT2D eigenvalue weighted by Gasteiger charge is 2.47. The minimum absolute atomic E-state index is 0.560. The van der Waals surface area contributed by atoms with E-state index in [0.29, 0.717) is 51.1 Å². The van der Waals surface area contributed by atoms with Gasteiger partial charge < -0.3 is 18.9 Å². The van der Waals surface area contributed by atoms with Crippen LogP contribution in [0.15, 0.2) is 121 Å². The van der Waals surface area contributed by atoms with Crippen molar-refractivity contribution < 1.29 is 18.9 Å². The van der Waals surface area contributed by atoms with Crippen LogP contribution in [-0.2, 0) is 30.5 Å². The molecule has 0 radical (unpaired) electrons. The predicted octanol–water partition coefficient (Wildman–Crippen LogP) is 32.2. The minimum Gasteiger partial charge on any atom is -0.343 e. The first-order valence-corrected chi connectivity index (χ1v) is 47.1. The average Bonchev–Trinajstić information content (AvgIpc) is 1.69. The lowest BCUT2D eigenvalue weighted by atomic mass is 9.93. The molecule has 0 saturated carbocycles. The molecule has 0 aliphatic carbocycles. The van der Waals surface area contributed by atoms with E-state index in [-0.39, 0.29) is 0 Å². The van der Waals surface area contributed by atoms with Gasteiger partial charge in [0.1, 0.15) is 0 Å². The lowest BCUT2D eigenvalue weighted by Crippen LogP contribution is -2.33. The van der Waals surface area contributed by atoms with E-state index in [1.807, 2.05) is 68.0 Å². The summed E-state index contributed by atoms with van der Waals surface area (Å²) in [7, 11) is 0. The van der Waals surface area contributed by atoms with Gasteiger partial charge in [-0.3, -0.25) is 0 Å². The van der Waals surface area contributed by atoms with Crippen molar-refractivity contribution in [1.82, 2.24) is 0 Å². The topological polar surface area (TPSA) is 36.9 Å². The average molecular weight is 1530 g/mol. The van der Waals surface area contributed by atoms with Gasteiger partial charge in [-0.25, -0.2) is 0 Å². The fourth-order valence-corrected chi connectivity index (χ4v) is 26.1. The van der Waals surface area contributed by atoms with Gasteiger partial charge in [0, 0.05) is 101 Å². The Morgan fingerprint density at radius 1 is 0.230 bits per heavy atom. The maximum absolute atomic E-state index is 6.66. The van der Waals surface area contributed by atoms with Crippen LogP contribution in [0, 0.1) is 0 Å². The van der Waals surface area contributed by atoms with Crippen LogP contribution in [0.25, 0.3) is 78.0 Å². The second kappa shape index (κ2) is 40.0. The van der Waals surface area contributed by atoms with E-state index < -0.39 is 11.6 Å². The third-order valence-corrected chi connectivity index (χ3v) is 33.5. The van der Waals surface area contributed by atoms with Crippen molar-refractivity contribution in [3.8, 4) is 78.0 Å². The van der Waals surface area contributed by atoms with Gasteiger partial charge in [0.2, 0.25) is 11.6 Å². The first-order chi connectivity index (χ1) is 49.3. The highest BCUT2D eigenvalue weighted by atomic mass is 32.1. The van der Waals surface area contributed by atoms with Gasteiger partial charge in [-0.1, -0.05) is 207 Å². The summed E-state index contributed by atoms with van der Waals surface area (Å²) in [6.45, 7) is 11.5. The first-order valence-electron chi connectivity index (χ1n) is 38.9. The number of unbranched alkanes of at least 4 members (excludes halogenated alkanes) is 24. The van der Waals surface area contributed by atoms with Crippen LogP contribution in [0.2, 0.25) is 0 Å². The summed E-state index contributed by atoms with van der Waals surface area (Å²) in [5.74, 6) is -0.322. The summed E-state index contributed by atoms with van der Waals surface area (Å²) >= 11 is 19.2. The molecule has 0 amide bonds. The highest BCUT2D eigenvalue weighted by molar-refractivity contribution is 7.31. The molecule has 4 nitrogen and oxygen atoms in total. The van der Waals surface area contributed by atoms with Gasteiger partial charge in [-0.2, -0.15) is 0 Å². The van der Waals surface area contributed by atoms with Gasteiger partial charge in [0.05, 0.1) is 36.2 Å². The summed E-state index contributed by atoms with van der Waals surface area (Å²) in [6.07, 6.45) is 45.3. The maximum atomic E-state index is 6.66. The molecule has 10 aromatic rings. The van der Waals surface area contributed by atoms with Crippen molar-refractivity contribution in [2.45, 2.75) is 269 Å². The third-order valence-electron chi connectivity index (χ3n) is 20.5. The molecule has 2 saturated heterocycles. The predicted molar refractivity (Wildman–Crippen MR) is 447 cm³/mol. The molecule has 2 atom stereocenters. The third kappa shape index (κ3) is 20.9. The zero-order valence-electron chi connectivity index (χ0n) is 60.3. The van der Waals surface area contributed by atoms with Crippen LogP contribution >= 0.6 is 113 Å². The first kappa shape index (κ1) is 76.5. The fourth-order valence-electron chi connectivity index (χ4n) is 14.7. The van der Waals surface area contributed by atoms with Gasteiger partial charge in [0.15, 0.2) is 0 Å². The summed E-state index contributed by atoms with van der Waals surface area (Å²) in [5.41, 5.74) is 0. The Hall–Kier alpha value is -3.16. The van der Waals surface area contributed by atoms with E-state index in [0.717, 1.165) is 9.75 Å². The Kier molecular flexibility index (Phi) is 30.6. The van der Waals surface area contributed by atoms with E-state index in [1.54, 1.807) is 32.4 Å². The van der Waals surface area contributed by atoms with Crippen LogP contribution in [0.5, 0.6) is 0 Å². The Balaban J connectivity index is 0.646. The fraction of sp³-hybridized carbons (Fsp3) is 0.535. The molecule has 2 fully saturated rings. The molecule has 0 bridgehead atoms. The molecule has 0 N–H and O–H groups in total. The standard InChI is InChI=1S/C86H110O4S10/c1-5-9-13-17-21-23-27-31-35-63(33-29-25-19-15-11-7-3)65-37-39-67(91-65)69-41-43-71(93-69)73-45-47-75(95-73)77-49-51-79(97-77)81-53-55-83(99-81)85(87-59-60-88-85)57-58-86(89-61-62-90-86)84-56-54-82(100-84)80-52-50-78(98-80)76-48-46-74(96-76)72-44-42-70(94-72)68-40-38-66(92-68)64(34-30-26-20-16-12-8-4)36-32-28-24-22-18-14-10-6-2/h37-56,63-64H,5-36,57-62H2,1-4H3. The molecule has 0 aromatic carbocycles. The summed E-state index contributed by atoms with van der Waals surface area (Å²) < 4.78 is 26.6. The largest absolute Gasteiger partial charge is 0.343 e.